The van der Waals surface area contributed by atoms with E-state index >= 15 is 0 Å². The highest BCUT2D eigenvalue weighted by molar-refractivity contribution is 5.77. The van der Waals surface area contributed by atoms with Crippen molar-refractivity contribution in [1.82, 2.24) is 0 Å². The van der Waals surface area contributed by atoms with Gasteiger partial charge in [0.15, 0.2) is 0 Å². The maximum absolute atomic E-state index is 13.4. The summed E-state index contributed by atoms with van der Waals surface area (Å²) < 4.78 is 13.4. The summed E-state index contributed by atoms with van der Waals surface area (Å²) in [6.07, 6.45) is 1.94. The standard InChI is InChI=1S/C13H18FNO/c1-3-11(16)7-6-10-15(2)13-9-5-4-8-12(13)14/h4-5,8-9H,3,6-7,10H2,1-2H3. The molecule has 1 aromatic carbocycles. The zero-order valence-corrected chi connectivity index (χ0v) is 9.87. The average molecular weight is 223 g/mol. The van der Waals surface area contributed by atoms with E-state index in [0.717, 1.165) is 6.42 Å². The topological polar surface area (TPSA) is 20.3 Å². The number of nitrogens with zero attached hydrogens (tertiary/aromatic N) is 1. The molecule has 1 rings (SSSR count). The van der Waals surface area contributed by atoms with Gasteiger partial charge in [-0.3, -0.25) is 4.79 Å². The van der Waals surface area contributed by atoms with Crippen molar-refractivity contribution in [2.75, 3.05) is 18.5 Å². The van der Waals surface area contributed by atoms with E-state index in [0.29, 0.717) is 25.1 Å². The fourth-order valence-electron chi connectivity index (χ4n) is 1.57. The molecule has 0 unspecified atom stereocenters. The molecule has 0 N–H and O–H groups in total. The molecule has 0 fully saturated rings. The predicted molar refractivity (Wildman–Crippen MR) is 64.2 cm³/mol. The van der Waals surface area contributed by atoms with E-state index in [-0.39, 0.29) is 11.6 Å². The number of para-hydroxylation sites is 1. The first-order valence-electron chi connectivity index (χ1n) is 5.62. The van der Waals surface area contributed by atoms with Crippen LogP contribution in [0.4, 0.5) is 10.1 Å². The molecular weight excluding hydrogens is 205 g/mol. The summed E-state index contributed by atoms with van der Waals surface area (Å²) in [6.45, 7) is 2.57. The molecule has 0 aliphatic rings. The van der Waals surface area contributed by atoms with Gasteiger partial charge in [0.1, 0.15) is 11.6 Å². The van der Waals surface area contributed by atoms with Gasteiger partial charge in [-0.25, -0.2) is 4.39 Å². The first kappa shape index (κ1) is 12.7. The summed E-state index contributed by atoms with van der Waals surface area (Å²) in [5.74, 6) is 0.0498. The summed E-state index contributed by atoms with van der Waals surface area (Å²) in [5, 5.41) is 0. The van der Waals surface area contributed by atoms with Gasteiger partial charge in [-0.05, 0) is 18.6 Å². The van der Waals surface area contributed by atoms with Crippen LogP contribution in [0.15, 0.2) is 24.3 Å². The van der Waals surface area contributed by atoms with Gasteiger partial charge in [-0.15, -0.1) is 0 Å². The number of hydrogen-bond donors (Lipinski definition) is 0. The molecular formula is C13H18FNO. The maximum Gasteiger partial charge on any atom is 0.146 e. The van der Waals surface area contributed by atoms with E-state index in [4.69, 9.17) is 0 Å². The normalized spacial score (nSPS) is 10.2. The monoisotopic (exact) mass is 223 g/mol. The fraction of sp³-hybridized carbons (Fsp3) is 0.462. The first-order chi connectivity index (χ1) is 7.65. The minimum atomic E-state index is -0.216. The molecule has 0 saturated carbocycles. The average Bonchev–Trinajstić information content (AvgIpc) is 2.29. The highest BCUT2D eigenvalue weighted by Crippen LogP contribution is 2.17. The Bertz CT molecular complexity index is 352. The Morgan fingerprint density at radius 3 is 2.69 bits per heavy atom. The lowest BCUT2D eigenvalue weighted by Gasteiger charge is -2.19. The van der Waals surface area contributed by atoms with Crippen LogP contribution in [-0.2, 0) is 4.79 Å². The molecule has 0 heterocycles. The van der Waals surface area contributed by atoms with Crippen molar-refractivity contribution >= 4 is 11.5 Å². The molecule has 0 aliphatic heterocycles. The van der Waals surface area contributed by atoms with Gasteiger partial charge >= 0.3 is 0 Å². The van der Waals surface area contributed by atoms with Crippen LogP contribution in [0.5, 0.6) is 0 Å². The Balaban J connectivity index is 2.44. The number of hydrogen-bond acceptors (Lipinski definition) is 2. The molecule has 0 bridgehead atoms. The molecule has 16 heavy (non-hydrogen) atoms. The maximum atomic E-state index is 13.4. The van der Waals surface area contributed by atoms with Crippen LogP contribution in [0.1, 0.15) is 26.2 Å². The number of carbonyl (C=O) groups is 1. The lowest BCUT2D eigenvalue weighted by atomic mass is 10.1. The van der Waals surface area contributed by atoms with Crippen LogP contribution < -0.4 is 4.90 Å². The van der Waals surface area contributed by atoms with Gasteiger partial charge in [0.25, 0.3) is 0 Å². The molecule has 3 heteroatoms. The summed E-state index contributed by atoms with van der Waals surface area (Å²) in [6, 6.07) is 6.68. The number of anilines is 1. The quantitative estimate of drug-likeness (QED) is 0.738. The first-order valence-corrected chi connectivity index (χ1v) is 5.62. The van der Waals surface area contributed by atoms with Crippen LogP contribution in [0.3, 0.4) is 0 Å². The fourth-order valence-corrected chi connectivity index (χ4v) is 1.57. The second kappa shape index (κ2) is 6.26. The highest BCUT2D eigenvalue weighted by atomic mass is 19.1. The third kappa shape index (κ3) is 3.65. The van der Waals surface area contributed by atoms with Crippen LogP contribution in [0, 0.1) is 5.82 Å². The van der Waals surface area contributed by atoms with E-state index in [9.17, 15) is 9.18 Å². The summed E-state index contributed by atoms with van der Waals surface area (Å²) in [7, 11) is 1.84. The van der Waals surface area contributed by atoms with Crippen LogP contribution in [0.25, 0.3) is 0 Å². The minimum Gasteiger partial charge on any atom is -0.372 e. The smallest absolute Gasteiger partial charge is 0.146 e. The van der Waals surface area contributed by atoms with E-state index in [2.05, 4.69) is 0 Å². The Labute approximate surface area is 96.1 Å². The van der Waals surface area contributed by atoms with Gasteiger partial charge in [0, 0.05) is 26.4 Å². The zero-order valence-electron chi connectivity index (χ0n) is 9.87. The molecule has 2 nitrogen and oxygen atoms in total. The van der Waals surface area contributed by atoms with Crippen molar-refractivity contribution in [3.63, 3.8) is 0 Å². The second-order valence-electron chi connectivity index (χ2n) is 3.87. The minimum absolute atomic E-state index is 0.216. The van der Waals surface area contributed by atoms with Gasteiger partial charge in [-0.1, -0.05) is 19.1 Å². The molecule has 0 aliphatic carbocycles. The zero-order chi connectivity index (χ0) is 12.0. The predicted octanol–water partition coefficient (Wildman–Crippen LogP) is 3.02. The van der Waals surface area contributed by atoms with Crippen LogP contribution in [0.2, 0.25) is 0 Å². The summed E-state index contributed by atoms with van der Waals surface area (Å²) in [4.78, 5) is 12.9. The molecule has 0 radical (unpaired) electrons. The van der Waals surface area contributed by atoms with Gasteiger partial charge in [0.2, 0.25) is 0 Å². The van der Waals surface area contributed by atoms with E-state index in [1.807, 2.05) is 24.9 Å². The summed E-state index contributed by atoms with van der Waals surface area (Å²) in [5.41, 5.74) is 0.589. The molecule has 0 atom stereocenters. The lowest BCUT2D eigenvalue weighted by Crippen LogP contribution is -2.20. The molecule has 0 aromatic heterocycles. The molecule has 88 valence electrons. The molecule has 0 amide bonds. The summed E-state index contributed by atoms with van der Waals surface area (Å²) >= 11 is 0. The van der Waals surface area contributed by atoms with Gasteiger partial charge in [0.05, 0.1) is 5.69 Å². The Morgan fingerprint density at radius 1 is 1.38 bits per heavy atom. The van der Waals surface area contributed by atoms with Crippen molar-refractivity contribution in [1.29, 1.82) is 0 Å². The number of ketones is 1. The number of halogens is 1. The Kier molecular flexibility index (Phi) is 4.96. The number of carbonyl (C=O) groups excluding carboxylic acids is 1. The van der Waals surface area contributed by atoms with Gasteiger partial charge < -0.3 is 4.90 Å². The highest BCUT2D eigenvalue weighted by Gasteiger charge is 2.06. The van der Waals surface area contributed by atoms with Crippen LogP contribution >= 0.6 is 0 Å². The third-order valence-corrected chi connectivity index (χ3v) is 2.61. The van der Waals surface area contributed by atoms with Crippen molar-refractivity contribution < 1.29 is 9.18 Å². The Morgan fingerprint density at radius 2 is 2.06 bits per heavy atom. The SMILES string of the molecule is CCC(=O)CCCN(C)c1ccccc1F. The third-order valence-electron chi connectivity index (χ3n) is 2.61. The van der Waals surface area contributed by atoms with E-state index in [1.165, 1.54) is 6.07 Å². The number of benzene rings is 1. The van der Waals surface area contributed by atoms with Crippen molar-refractivity contribution in [3.05, 3.63) is 30.1 Å². The van der Waals surface area contributed by atoms with Crippen molar-refractivity contribution in [2.45, 2.75) is 26.2 Å². The number of Topliss-reactive ketones (excluding diaryl/α,β-unsaturated/α-hetero) is 1. The van der Waals surface area contributed by atoms with E-state index in [1.54, 1.807) is 12.1 Å². The molecule has 0 saturated heterocycles. The van der Waals surface area contributed by atoms with Crippen molar-refractivity contribution in [3.8, 4) is 0 Å². The molecule has 1 aromatic rings. The van der Waals surface area contributed by atoms with Gasteiger partial charge in [-0.2, -0.15) is 0 Å². The second-order valence-corrected chi connectivity index (χ2v) is 3.87. The number of rotatable bonds is 6. The van der Waals surface area contributed by atoms with E-state index < -0.39 is 0 Å². The largest absolute Gasteiger partial charge is 0.372 e. The Hall–Kier alpha value is -1.38. The lowest BCUT2D eigenvalue weighted by molar-refractivity contribution is -0.118. The molecule has 0 spiro atoms. The van der Waals surface area contributed by atoms with Crippen LogP contribution in [-0.4, -0.2) is 19.4 Å². The van der Waals surface area contributed by atoms with Crippen molar-refractivity contribution in [2.24, 2.45) is 0 Å².